The average molecular weight is 413 g/mol. The van der Waals surface area contributed by atoms with Gasteiger partial charge in [-0.3, -0.25) is 4.90 Å². The van der Waals surface area contributed by atoms with Gasteiger partial charge in [-0.05, 0) is 50.4 Å². The second kappa shape index (κ2) is 10.3. The average Bonchev–Trinajstić information content (AvgIpc) is 3.36. The predicted molar refractivity (Wildman–Crippen MR) is 108 cm³/mol. The Kier molecular flexibility index (Phi) is 7.77. The first kappa shape index (κ1) is 21.9. The van der Waals surface area contributed by atoms with Gasteiger partial charge in [-0.25, -0.2) is 4.99 Å². The van der Waals surface area contributed by atoms with E-state index in [0.717, 1.165) is 43.1 Å². The molecule has 2 aliphatic heterocycles. The normalized spacial score (nSPS) is 21.2. The minimum absolute atomic E-state index is 0.0548. The molecule has 0 spiro atoms. The topological polar surface area (TPSA) is 40.1 Å². The summed E-state index contributed by atoms with van der Waals surface area (Å²) in [6.07, 6.45) is -0.539. The van der Waals surface area contributed by atoms with Gasteiger partial charge in [0.05, 0.1) is 13.2 Å². The summed E-state index contributed by atoms with van der Waals surface area (Å²) in [5.74, 6) is 0.910. The third kappa shape index (κ3) is 6.89. The highest BCUT2D eigenvalue weighted by molar-refractivity contribution is 5.80. The SMILES string of the molecule is CCNC(=NCc1cccc(COCC(F)(F)F)c1)N1CCC(N2CCCC2)C1. The molecule has 0 aromatic heterocycles. The molecule has 5 nitrogen and oxygen atoms in total. The Morgan fingerprint density at radius 1 is 1.21 bits per heavy atom. The number of halogens is 3. The van der Waals surface area contributed by atoms with Crippen molar-refractivity contribution >= 4 is 5.96 Å². The van der Waals surface area contributed by atoms with Gasteiger partial charge >= 0.3 is 6.18 Å². The van der Waals surface area contributed by atoms with Gasteiger partial charge < -0.3 is 15.0 Å². The summed E-state index contributed by atoms with van der Waals surface area (Å²) in [7, 11) is 0. The van der Waals surface area contributed by atoms with Crippen molar-refractivity contribution in [2.75, 3.05) is 39.3 Å². The van der Waals surface area contributed by atoms with Gasteiger partial charge in [0.2, 0.25) is 0 Å². The van der Waals surface area contributed by atoms with Crippen LogP contribution in [-0.2, 0) is 17.9 Å². The fourth-order valence-electron chi connectivity index (χ4n) is 4.03. The van der Waals surface area contributed by atoms with Crippen molar-refractivity contribution in [3.05, 3.63) is 35.4 Å². The molecule has 1 N–H and O–H groups in total. The van der Waals surface area contributed by atoms with Crippen LogP contribution >= 0.6 is 0 Å². The van der Waals surface area contributed by atoms with E-state index in [1.54, 1.807) is 6.07 Å². The van der Waals surface area contributed by atoms with E-state index >= 15 is 0 Å². The van der Waals surface area contributed by atoms with Gasteiger partial charge in [-0.1, -0.05) is 24.3 Å². The Bertz CT molecular complexity index is 674. The number of hydrogen-bond acceptors (Lipinski definition) is 3. The van der Waals surface area contributed by atoms with E-state index in [4.69, 9.17) is 9.73 Å². The summed E-state index contributed by atoms with van der Waals surface area (Å²) in [4.78, 5) is 9.69. The third-order valence-electron chi connectivity index (χ3n) is 5.39. The van der Waals surface area contributed by atoms with E-state index in [9.17, 15) is 13.2 Å². The summed E-state index contributed by atoms with van der Waals surface area (Å²) >= 11 is 0. The second-order valence-corrected chi connectivity index (χ2v) is 7.73. The molecule has 162 valence electrons. The molecule has 1 atom stereocenters. The molecule has 8 heteroatoms. The molecule has 0 aliphatic carbocycles. The van der Waals surface area contributed by atoms with Crippen LogP contribution in [0.4, 0.5) is 13.2 Å². The molecule has 1 aromatic rings. The minimum atomic E-state index is -4.30. The Labute approximate surface area is 170 Å². The fraction of sp³-hybridized carbons (Fsp3) is 0.667. The molecule has 0 amide bonds. The molecule has 2 heterocycles. The molecule has 0 radical (unpaired) electrons. The molecule has 0 bridgehead atoms. The van der Waals surface area contributed by atoms with E-state index in [-0.39, 0.29) is 6.61 Å². The number of likely N-dealkylation sites (tertiary alicyclic amines) is 2. The molecule has 29 heavy (non-hydrogen) atoms. The van der Waals surface area contributed by atoms with E-state index in [1.807, 2.05) is 18.2 Å². The van der Waals surface area contributed by atoms with Gasteiger partial charge in [-0.15, -0.1) is 0 Å². The van der Waals surface area contributed by atoms with Crippen molar-refractivity contribution in [2.24, 2.45) is 4.99 Å². The molecule has 2 fully saturated rings. The van der Waals surface area contributed by atoms with Gasteiger partial charge in [0, 0.05) is 25.7 Å². The van der Waals surface area contributed by atoms with Crippen molar-refractivity contribution in [2.45, 2.75) is 51.6 Å². The minimum Gasteiger partial charge on any atom is -0.367 e. The van der Waals surface area contributed by atoms with Gasteiger partial charge in [0.1, 0.15) is 6.61 Å². The maximum Gasteiger partial charge on any atom is 0.411 e. The summed E-state index contributed by atoms with van der Waals surface area (Å²) in [5, 5.41) is 3.38. The lowest BCUT2D eigenvalue weighted by Gasteiger charge is -2.25. The van der Waals surface area contributed by atoms with Gasteiger partial charge in [0.25, 0.3) is 0 Å². The Morgan fingerprint density at radius 2 is 1.97 bits per heavy atom. The highest BCUT2D eigenvalue weighted by Gasteiger charge is 2.30. The molecular formula is C21H31F3N4O. The van der Waals surface area contributed by atoms with Crippen molar-refractivity contribution in [3.8, 4) is 0 Å². The Balaban J connectivity index is 1.56. The van der Waals surface area contributed by atoms with Crippen LogP contribution < -0.4 is 5.32 Å². The van der Waals surface area contributed by atoms with Crippen LogP contribution in [-0.4, -0.2) is 67.3 Å². The Hall–Kier alpha value is -1.80. The number of aliphatic imine (C=N–C) groups is 1. The van der Waals surface area contributed by atoms with Gasteiger partial charge in [0.15, 0.2) is 5.96 Å². The second-order valence-electron chi connectivity index (χ2n) is 7.73. The molecular weight excluding hydrogens is 381 g/mol. The van der Waals surface area contributed by atoms with Crippen LogP contribution in [0.2, 0.25) is 0 Å². The monoisotopic (exact) mass is 412 g/mol. The molecule has 2 saturated heterocycles. The maximum absolute atomic E-state index is 12.2. The largest absolute Gasteiger partial charge is 0.411 e. The van der Waals surface area contributed by atoms with E-state index < -0.39 is 12.8 Å². The highest BCUT2D eigenvalue weighted by atomic mass is 19.4. The van der Waals surface area contributed by atoms with Crippen LogP contribution in [0.1, 0.15) is 37.3 Å². The molecule has 1 aromatic carbocycles. The predicted octanol–water partition coefficient (Wildman–Crippen LogP) is 3.40. The number of nitrogens with one attached hydrogen (secondary N) is 1. The lowest BCUT2D eigenvalue weighted by Crippen LogP contribution is -2.42. The molecule has 3 rings (SSSR count). The van der Waals surface area contributed by atoms with Crippen LogP contribution in [0.5, 0.6) is 0 Å². The number of alkyl halides is 3. The first-order valence-corrected chi connectivity index (χ1v) is 10.4. The van der Waals surface area contributed by atoms with Crippen LogP contribution in [0, 0.1) is 0 Å². The standard InChI is InChI=1S/C21H31F3N4O/c1-2-25-20(28-11-8-19(14-28)27-9-3-4-10-27)26-13-17-6-5-7-18(12-17)15-29-16-21(22,23)24/h5-7,12,19H,2-4,8-11,13-16H2,1H3,(H,25,26). The number of rotatable bonds is 7. The van der Waals surface area contributed by atoms with Crippen LogP contribution in [0.15, 0.2) is 29.3 Å². The fourth-order valence-corrected chi connectivity index (χ4v) is 4.03. The molecule has 2 aliphatic rings. The number of hydrogen-bond donors (Lipinski definition) is 1. The van der Waals surface area contributed by atoms with Crippen LogP contribution in [0.3, 0.4) is 0 Å². The summed E-state index contributed by atoms with van der Waals surface area (Å²) in [6, 6.07) is 8.02. The smallest absolute Gasteiger partial charge is 0.367 e. The summed E-state index contributed by atoms with van der Waals surface area (Å²) in [6.45, 7) is 6.46. The summed E-state index contributed by atoms with van der Waals surface area (Å²) in [5.41, 5.74) is 1.69. The van der Waals surface area contributed by atoms with E-state index in [0.29, 0.717) is 12.6 Å². The third-order valence-corrected chi connectivity index (χ3v) is 5.39. The van der Waals surface area contributed by atoms with Crippen molar-refractivity contribution < 1.29 is 17.9 Å². The quantitative estimate of drug-likeness (QED) is 0.551. The highest BCUT2D eigenvalue weighted by Crippen LogP contribution is 2.21. The first-order chi connectivity index (χ1) is 13.9. The number of benzene rings is 1. The number of guanidine groups is 1. The zero-order valence-electron chi connectivity index (χ0n) is 17.0. The lowest BCUT2D eigenvalue weighted by molar-refractivity contribution is -0.176. The van der Waals surface area contributed by atoms with E-state index in [1.165, 1.54) is 25.9 Å². The molecule has 0 saturated carbocycles. The zero-order valence-corrected chi connectivity index (χ0v) is 17.0. The Morgan fingerprint density at radius 3 is 2.69 bits per heavy atom. The van der Waals surface area contributed by atoms with Gasteiger partial charge in [-0.2, -0.15) is 13.2 Å². The lowest BCUT2D eigenvalue weighted by atomic mass is 10.1. The maximum atomic E-state index is 12.2. The first-order valence-electron chi connectivity index (χ1n) is 10.4. The molecule has 1 unspecified atom stereocenters. The van der Waals surface area contributed by atoms with Crippen molar-refractivity contribution in [1.82, 2.24) is 15.1 Å². The summed E-state index contributed by atoms with van der Waals surface area (Å²) < 4.78 is 41.5. The number of nitrogens with zero attached hydrogens (tertiary/aromatic N) is 3. The van der Waals surface area contributed by atoms with Crippen LogP contribution in [0.25, 0.3) is 0 Å². The zero-order chi connectivity index (χ0) is 20.7. The van der Waals surface area contributed by atoms with Crippen molar-refractivity contribution in [3.63, 3.8) is 0 Å². The van der Waals surface area contributed by atoms with Crippen molar-refractivity contribution in [1.29, 1.82) is 0 Å². The van der Waals surface area contributed by atoms with E-state index in [2.05, 4.69) is 22.0 Å². The number of ether oxygens (including phenoxy) is 1.